The predicted octanol–water partition coefficient (Wildman–Crippen LogP) is 9.07. The van der Waals surface area contributed by atoms with Crippen LogP contribution in [0.2, 0.25) is 0 Å². The Morgan fingerprint density at radius 1 is 0.765 bits per heavy atom. The first-order chi connectivity index (χ1) is 33.0. The third-order valence-corrected chi connectivity index (χ3v) is 12.9. The molecule has 11 nitrogen and oxygen atoms in total. The molecule has 2 atom stereocenters. The van der Waals surface area contributed by atoms with Crippen molar-refractivity contribution in [2.24, 2.45) is 0 Å². The van der Waals surface area contributed by atoms with Crippen molar-refractivity contribution in [2.75, 3.05) is 20.2 Å². The molecule has 0 amide bonds. The summed E-state index contributed by atoms with van der Waals surface area (Å²) < 4.78 is 18.0. The summed E-state index contributed by atoms with van der Waals surface area (Å²) in [5, 5.41) is 34.1. The molecule has 1 saturated heterocycles. The molecule has 350 valence electrons. The topological polar surface area (TPSA) is 159 Å². The minimum atomic E-state index is -2.04. The van der Waals surface area contributed by atoms with Crippen LogP contribution < -0.4 is 15.0 Å². The molecule has 2 heterocycles. The van der Waals surface area contributed by atoms with Gasteiger partial charge >= 0.3 is 5.97 Å². The van der Waals surface area contributed by atoms with E-state index in [4.69, 9.17) is 14.2 Å². The Balaban J connectivity index is 0.809. The van der Waals surface area contributed by atoms with Crippen LogP contribution in [0.15, 0.2) is 156 Å². The van der Waals surface area contributed by atoms with Crippen molar-refractivity contribution < 1.29 is 39.1 Å². The third kappa shape index (κ3) is 11.7. The highest BCUT2D eigenvalue weighted by Gasteiger charge is 2.43. The van der Waals surface area contributed by atoms with Crippen LogP contribution in [0.3, 0.4) is 0 Å². The summed E-state index contributed by atoms with van der Waals surface area (Å²) in [6.07, 6.45) is 3.28. The molecule has 11 heteroatoms. The van der Waals surface area contributed by atoms with Crippen LogP contribution in [0.5, 0.6) is 17.2 Å². The van der Waals surface area contributed by atoms with Crippen molar-refractivity contribution in [3.63, 3.8) is 0 Å². The van der Waals surface area contributed by atoms with Gasteiger partial charge in [0.1, 0.15) is 35.7 Å². The number of ketones is 1. The number of hydrogen-bond acceptors (Lipinski definition) is 10. The van der Waals surface area contributed by atoms with E-state index >= 15 is 0 Å². The number of aromatic nitrogens is 1. The van der Waals surface area contributed by atoms with Gasteiger partial charge in [0, 0.05) is 49.5 Å². The average Bonchev–Trinajstić information content (AvgIpc) is 3.37. The summed E-state index contributed by atoms with van der Waals surface area (Å²) in [7, 11) is 1.61. The molecule has 0 saturated carbocycles. The molecule has 0 radical (unpaired) electrons. The number of aryl methyl sites for hydroxylation is 2. The second-order valence-corrected chi connectivity index (χ2v) is 17.6. The number of rotatable bonds is 20. The fraction of sp³-hybridized carbons (Fsp3) is 0.281. The Hall–Kier alpha value is -7.05. The minimum absolute atomic E-state index is 0.0475. The number of nitrogens with zero attached hydrogens (tertiary/aromatic N) is 1. The maximum atomic E-state index is 14.0. The zero-order valence-corrected chi connectivity index (χ0v) is 38.3. The molecule has 68 heavy (non-hydrogen) atoms. The van der Waals surface area contributed by atoms with E-state index in [2.05, 4.69) is 22.0 Å². The van der Waals surface area contributed by atoms with Crippen LogP contribution in [-0.2, 0) is 52.3 Å². The van der Waals surface area contributed by atoms with Crippen molar-refractivity contribution >= 4 is 22.7 Å². The van der Waals surface area contributed by atoms with Gasteiger partial charge in [0.2, 0.25) is 11.2 Å². The third-order valence-electron chi connectivity index (χ3n) is 12.9. The second-order valence-electron chi connectivity index (χ2n) is 17.6. The minimum Gasteiger partial charge on any atom is -0.506 e. The largest absolute Gasteiger partial charge is 0.506 e. The first-order valence-corrected chi connectivity index (χ1v) is 23.3. The van der Waals surface area contributed by atoms with Crippen LogP contribution in [-0.4, -0.2) is 63.3 Å². The van der Waals surface area contributed by atoms with Crippen molar-refractivity contribution in [3.05, 3.63) is 207 Å². The van der Waals surface area contributed by atoms with Crippen molar-refractivity contribution in [1.29, 1.82) is 0 Å². The summed E-state index contributed by atoms with van der Waals surface area (Å²) in [6.45, 7) is 2.68. The van der Waals surface area contributed by atoms with E-state index in [0.29, 0.717) is 84.0 Å². The maximum Gasteiger partial charge on any atom is 0.347 e. The van der Waals surface area contributed by atoms with Crippen molar-refractivity contribution in [1.82, 2.24) is 9.88 Å². The van der Waals surface area contributed by atoms with Gasteiger partial charge in [-0.15, -0.1) is 0 Å². The normalized spacial score (nSPS) is 14.5. The van der Waals surface area contributed by atoms with Gasteiger partial charge in [0.15, 0.2) is 0 Å². The Labute approximate surface area is 396 Å². The number of aliphatic hydroxyl groups is 2. The number of aliphatic hydroxyl groups excluding tert-OH is 1. The van der Waals surface area contributed by atoms with Crippen molar-refractivity contribution in [3.8, 4) is 17.2 Å². The molecule has 4 N–H and O–H groups in total. The highest BCUT2D eigenvalue weighted by atomic mass is 16.6. The number of aromatic hydroxyl groups is 1. The Morgan fingerprint density at radius 3 is 2.22 bits per heavy atom. The highest BCUT2D eigenvalue weighted by Crippen LogP contribution is 2.35. The quantitative estimate of drug-likeness (QED) is 0.0544. The molecule has 1 aliphatic rings. The Kier molecular flexibility index (Phi) is 15.5. The number of fused-ring (bicyclic) bond motifs is 1. The number of likely N-dealkylation sites (tertiary alicyclic amines) is 1. The van der Waals surface area contributed by atoms with Crippen LogP contribution in [0, 0.1) is 0 Å². The fourth-order valence-corrected chi connectivity index (χ4v) is 9.02. The number of benzene rings is 6. The lowest BCUT2D eigenvalue weighted by atomic mass is 9.86. The van der Waals surface area contributed by atoms with Crippen LogP contribution >= 0.6 is 0 Å². The molecule has 0 aliphatic carbocycles. The first-order valence-electron chi connectivity index (χ1n) is 23.3. The van der Waals surface area contributed by atoms with Gasteiger partial charge in [-0.1, -0.05) is 115 Å². The van der Waals surface area contributed by atoms with Crippen LogP contribution in [0.1, 0.15) is 82.7 Å². The number of esters is 1. The fourth-order valence-electron chi connectivity index (χ4n) is 9.02. The Morgan fingerprint density at radius 2 is 1.47 bits per heavy atom. The zero-order chi connectivity index (χ0) is 47.5. The number of H-pyrrole nitrogens is 1. The standard InChI is InChI=1S/C57H58N2O9/c1-66-53-35-42(22-24-43(53)12-8-17-51(61)49-26-28-52(62)55-50(49)27-29-54(63)58-55)34-46(60)25-23-39-18-20-41(21-19-39)38-67-48-16-9-15-45(36-48)57(65,44-13-6-3-7-14-44)56(64)68-47-30-32-59(33-31-47)37-40-10-4-2-5-11-40/h2-7,9-11,13-16,18-22,24,26-29,35-36,47,51,61-62,65H,8,12,17,23,25,30-34,37-38H2,1H3,(H,58,63)/t51-,57-/m0/s1. The van der Waals surface area contributed by atoms with E-state index in [-0.39, 0.29) is 36.2 Å². The van der Waals surface area contributed by atoms with Crippen LogP contribution in [0.4, 0.5) is 0 Å². The van der Waals surface area contributed by atoms with Gasteiger partial charge in [-0.3, -0.25) is 14.5 Å². The summed E-state index contributed by atoms with van der Waals surface area (Å²) in [5.41, 5.74) is 4.39. The number of piperidine rings is 1. The highest BCUT2D eigenvalue weighted by molar-refractivity contribution is 5.87. The van der Waals surface area contributed by atoms with E-state index < -0.39 is 17.7 Å². The monoisotopic (exact) mass is 914 g/mol. The molecule has 1 aliphatic heterocycles. The Bertz CT molecular complexity index is 2860. The van der Waals surface area contributed by atoms with Gasteiger partial charge in [-0.25, -0.2) is 4.79 Å². The van der Waals surface area contributed by atoms with Crippen LogP contribution in [0.25, 0.3) is 10.9 Å². The lowest BCUT2D eigenvalue weighted by molar-refractivity contribution is -0.170. The van der Waals surface area contributed by atoms with Gasteiger partial charge in [0.05, 0.1) is 18.7 Å². The molecule has 7 aromatic rings. The number of phenolic OH excluding ortho intramolecular Hbond substituents is 1. The average molecular weight is 915 g/mol. The van der Waals surface area contributed by atoms with Gasteiger partial charge < -0.3 is 34.5 Å². The van der Waals surface area contributed by atoms with E-state index in [0.717, 1.165) is 41.9 Å². The number of carbonyl (C=O) groups is 2. The predicted molar refractivity (Wildman–Crippen MR) is 262 cm³/mol. The number of Topliss-reactive ketones (excluding diaryl/α,β-unsaturated/α-hetero) is 1. The summed E-state index contributed by atoms with van der Waals surface area (Å²) >= 11 is 0. The number of ether oxygens (including phenoxy) is 3. The number of carbonyl (C=O) groups excluding carboxylic acids is 2. The lowest BCUT2D eigenvalue weighted by Gasteiger charge is -2.34. The first kappa shape index (κ1) is 47.4. The van der Waals surface area contributed by atoms with Crippen molar-refractivity contribution in [2.45, 2.75) is 82.3 Å². The molecule has 8 rings (SSSR count). The number of nitrogens with one attached hydrogen (secondary N) is 1. The number of phenols is 1. The molecule has 0 bridgehead atoms. The molecule has 1 aromatic heterocycles. The molecule has 0 spiro atoms. The zero-order valence-electron chi connectivity index (χ0n) is 38.3. The van der Waals surface area contributed by atoms with E-state index in [1.54, 1.807) is 67.8 Å². The van der Waals surface area contributed by atoms with Gasteiger partial charge in [0.25, 0.3) is 0 Å². The van der Waals surface area contributed by atoms with E-state index in [9.17, 15) is 29.7 Å². The SMILES string of the molecule is COc1cc(CC(=O)CCc2ccc(COc3cccc([C@](O)(C(=O)OC4CCN(Cc5ccccc5)CC4)c4ccccc4)c3)cc2)ccc1CCC[C@H](O)c1ccc(O)c2[nH]c(=O)ccc12. The van der Waals surface area contributed by atoms with E-state index in [1.807, 2.05) is 66.7 Å². The lowest BCUT2D eigenvalue weighted by Crippen LogP contribution is -2.43. The molecular formula is C57H58N2O9. The number of pyridine rings is 1. The maximum absolute atomic E-state index is 14.0. The molecular weight excluding hydrogens is 857 g/mol. The van der Waals surface area contributed by atoms with Gasteiger partial charge in [-0.2, -0.15) is 0 Å². The number of aromatic amines is 1. The summed E-state index contributed by atoms with van der Waals surface area (Å²) in [6, 6.07) is 46.1. The summed E-state index contributed by atoms with van der Waals surface area (Å²) in [4.78, 5) is 43.9. The number of hydrogen-bond donors (Lipinski definition) is 4. The molecule has 6 aromatic carbocycles. The summed E-state index contributed by atoms with van der Waals surface area (Å²) in [5.74, 6) is 0.545. The molecule has 0 unspecified atom stereocenters. The molecule has 1 fully saturated rings. The van der Waals surface area contributed by atoms with E-state index in [1.165, 1.54) is 17.7 Å². The van der Waals surface area contributed by atoms with Gasteiger partial charge in [-0.05, 0) is 108 Å². The number of methoxy groups -OCH3 is 1. The smallest absolute Gasteiger partial charge is 0.347 e. The second kappa shape index (κ2) is 22.2.